The van der Waals surface area contributed by atoms with Crippen LogP contribution in [0.25, 0.3) is 0 Å². The van der Waals surface area contributed by atoms with Crippen LogP contribution in [0.2, 0.25) is 0 Å². The van der Waals surface area contributed by atoms with E-state index in [1.165, 1.54) is 0 Å². The smallest absolute Gasteiger partial charge is 0.266 e. The van der Waals surface area contributed by atoms with Gasteiger partial charge < -0.3 is 23.9 Å². The molecule has 0 radical (unpaired) electrons. The Morgan fingerprint density at radius 2 is 1.75 bits per heavy atom. The van der Waals surface area contributed by atoms with Crippen LogP contribution in [0.4, 0.5) is 0 Å². The van der Waals surface area contributed by atoms with E-state index >= 15 is 0 Å². The highest BCUT2D eigenvalue weighted by Crippen LogP contribution is 2.39. The Bertz CT molecular complexity index is 841. The van der Waals surface area contributed by atoms with Crippen LogP contribution in [-0.2, 0) is 16.2 Å². The lowest BCUT2D eigenvalue weighted by Crippen LogP contribution is -2.36. The van der Waals surface area contributed by atoms with Crippen LogP contribution in [-0.4, -0.2) is 51.0 Å². The SMILES string of the molecule is COc1cc(C2=NO[C@@H](C(=O)N(C)Cc3ccccc3)C2)cc(OC)c1OC. The fraction of sp³-hybridized carbons (Fsp3) is 0.333. The van der Waals surface area contributed by atoms with Gasteiger partial charge in [-0.1, -0.05) is 35.5 Å². The minimum atomic E-state index is -0.650. The minimum absolute atomic E-state index is 0.116. The topological polar surface area (TPSA) is 69.6 Å². The fourth-order valence-electron chi connectivity index (χ4n) is 3.11. The molecule has 7 heteroatoms. The number of carbonyl (C=O) groups excluding carboxylic acids is 1. The Labute approximate surface area is 164 Å². The van der Waals surface area contributed by atoms with Crippen LogP contribution in [0, 0.1) is 0 Å². The number of hydrogen-bond donors (Lipinski definition) is 0. The lowest BCUT2D eigenvalue weighted by molar-refractivity contribution is -0.141. The zero-order chi connectivity index (χ0) is 20.1. The Kier molecular flexibility index (Phi) is 6.03. The maximum atomic E-state index is 12.7. The molecule has 148 valence electrons. The molecule has 0 aliphatic carbocycles. The van der Waals surface area contributed by atoms with Crippen molar-refractivity contribution in [2.45, 2.75) is 19.1 Å². The van der Waals surface area contributed by atoms with E-state index in [2.05, 4.69) is 5.16 Å². The predicted molar refractivity (Wildman–Crippen MR) is 105 cm³/mol. The van der Waals surface area contributed by atoms with E-state index in [-0.39, 0.29) is 5.91 Å². The molecule has 0 saturated heterocycles. The van der Waals surface area contributed by atoms with E-state index < -0.39 is 6.10 Å². The zero-order valence-corrected chi connectivity index (χ0v) is 16.5. The van der Waals surface area contributed by atoms with Gasteiger partial charge in [0, 0.05) is 25.6 Å². The van der Waals surface area contributed by atoms with Crippen molar-refractivity contribution in [3.63, 3.8) is 0 Å². The average molecular weight is 384 g/mol. The quantitative estimate of drug-likeness (QED) is 0.734. The maximum Gasteiger partial charge on any atom is 0.266 e. The first-order chi connectivity index (χ1) is 13.6. The number of oxime groups is 1. The molecule has 1 amide bonds. The van der Waals surface area contributed by atoms with E-state index in [0.717, 1.165) is 11.1 Å². The number of amides is 1. The molecular formula is C21H24N2O5. The van der Waals surface area contributed by atoms with Gasteiger partial charge >= 0.3 is 0 Å². The Balaban J connectivity index is 1.71. The molecule has 0 unspecified atom stereocenters. The predicted octanol–water partition coefficient (Wildman–Crippen LogP) is 2.86. The molecule has 1 aliphatic rings. The third-order valence-corrected chi connectivity index (χ3v) is 4.58. The molecule has 0 N–H and O–H groups in total. The minimum Gasteiger partial charge on any atom is -0.493 e. The first-order valence-corrected chi connectivity index (χ1v) is 8.89. The Morgan fingerprint density at radius 1 is 1.11 bits per heavy atom. The largest absolute Gasteiger partial charge is 0.493 e. The van der Waals surface area contributed by atoms with Gasteiger partial charge in [0.25, 0.3) is 5.91 Å². The number of ether oxygens (including phenoxy) is 3. The van der Waals surface area contributed by atoms with Crippen molar-refractivity contribution < 1.29 is 23.8 Å². The molecule has 2 aromatic carbocycles. The number of benzene rings is 2. The molecule has 3 rings (SSSR count). The maximum absolute atomic E-state index is 12.7. The van der Waals surface area contributed by atoms with E-state index in [9.17, 15) is 4.79 Å². The summed E-state index contributed by atoms with van der Waals surface area (Å²) in [6.45, 7) is 0.513. The van der Waals surface area contributed by atoms with Crippen LogP contribution in [0.1, 0.15) is 17.5 Å². The number of hydrogen-bond acceptors (Lipinski definition) is 6. The molecule has 7 nitrogen and oxygen atoms in total. The normalized spacial score (nSPS) is 15.4. The third-order valence-electron chi connectivity index (χ3n) is 4.58. The molecule has 0 saturated carbocycles. The van der Waals surface area contributed by atoms with Gasteiger partial charge in [-0.3, -0.25) is 4.79 Å². The summed E-state index contributed by atoms with van der Waals surface area (Å²) in [6, 6.07) is 13.4. The highest BCUT2D eigenvalue weighted by molar-refractivity contribution is 6.04. The first kappa shape index (κ1) is 19.5. The molecule has 2 aromatic rings. The monoisotopic (exact) mass is 384 g/mol. The molecule has 1 aliphatic heterocycles. The summed E-state index contributed by atoms with van der Waals surface area (Å²) in [5.74, 6) is 1.43. The third kappa shape index (κ3) is 4.03. The Hall–Kier alpha value is -3.22. The lowest BCUT2D eigenvalue weighted by Gasteiger charge is -2.20. The molecule has 1 heterocycles. The van der Waals surface area contributed by atoms with Crippen LogP contribution in [0.3, 0.4) is 0 Å². The first-order valence-electron chi connectivity index (χ1n) is 8.89. The number of nitrogens with zero attached hydrogens (tertiary/aromatic N) is 2. The molecule has 0 spiro atoms. The molecule has 28 heavy (non-hydrogen) atoms. The summed E-state index contributed by atoms with van der Waals surface area (Å²) in [4.78, 5) is 19.8. The summed E-state index contributed by atoms with van der Waals surface area (Å²) in [7, 11) is 6.42. The highest BCUT2D eigenvalue weighted by atomic mass is 16.6. The van der Waals surface area contributed by atoms with Gasteiger partial charge in [-0.15, -0.1) is 0 Å². The van der Waals surface area contributed by atoms with Crippen molar-refractivity contribution in [1.29, 1.82) is 0 Å². The summed E-state index contributed by atoms with van der Waals surface area (Å²) in [6.07, 6.45) is -0.279. The van der Waals surface area contributed by atoms with Gasteiger partial charge in [-0.25, -0.2) is 0 Å². The van der Waals surface area contributed by atoms with Crippen molar-refractivity contribution in [3.05, 3.63) is 53.6 Å². The number of rotatable bonds is 7. The van der Waals surface area contributed by atoms with E-state index in [0.29, 0.717) is 35.9 Å². The van der Waals surface area contributed by atoms with Crippen LogP contribution in [0.15, 0.2) is 47.6 Å². The van der Waals surface area contributed by atoms with Gasteiger partial charge in [0.2, 0.25) is 11.9 Å². The van der Waals surface area contributed by atoms with Crippen LogP contribution in [0.5, 0.6) is 17.2 Å². The second kappa shape index (κ2) is 8.65. The van der Waals surface area contributed by atoms with Gasteiger partial charge in [0.15, 0.2) is 11.5 Å². The van der Waals surface area contributed by atoms with E-state index in [4.69, 9.17) is 19.0 Å². The zero-order valence-electron chi connectivity index (χ0n) is 16.5. The van der Waals surface area contributed by atoms with E-state index in [1.54, 1.807) is 45.4 Å². The van der Waals surface area contributed by atoms with Crippen molar-refractivity contribution in [1.82, 2.24) is 4.90 Å². The van der Waals surface area contributed by atoms with E-state index in [1.807, 2.05) is 30.3 Å². The molecule has 0 fully saturated rings. The summed E-state index contributed by atoms with van der Waals surface area (Å²) in [5.41, 5.74) is 2.48. The van der Waals surface area contributed by atoms with Crippen molar-refractivity contribution in [3.8, 4) is 17.2 Å². The van der Waals surface area contributed by atoms with Crippen LogP contribution >= 0.6 is 0 Å². The fourth-order valence-corrected chi connectivity index (χ4v) is 3.11. The summed E-state index contributed by atoms with van der Waals surface area (Å²) >= 11 is 0. The molecule has 0 bridgehead atoms. The number of methoxy groups -OCH3 is 3. The summed E-state index contributed by atoms with van der Waals surface area (Å²) < 4.78 is 16.1. The lowest BCUT2D eigenvalue weighted by atomic mass is 10.0. The number of likely N-dealkylation sites (N-methyl/N-ethyl adjacent to an activating group) is 1. The van der Waals surface area contributed by atoms with Gasteiger partial charge in [0.1, 0.15) is 0 Å². The Morgan fingerprint density at radius 3 is 2.32 bits per heavy atom. The average Bonchev–Trinajstić information content (AvgIpc) is 3.22. The molecular weight excluding hydrogens is 360 g/mol. The molecule has 0 aromatic heterocycles. The highest BCUT2D eigenvalue weighted by Gasteiger charge is 2.32. The molecule has 1 atom stereocenters. The second-order valence-corrected chi connectivity index (χ2v) is 6.43. The summed E-state index contributed by atoms with van der Waals surface area (Å²) in [5, 5.41) is 4.12. The van der Waals surface area contributed by atoms with Crippen molar-refractivity contribution in [2.75, 3.05) is 28.4 Å². The second-order valence-electron chi connectivity index (χ2n) is 6.43. The van der Waals surface area contributed by atoms with Crippen LogP contribution < -0.4 is 14.2 Å². The van der Waals surface area contributed by atoms with Gasteiger partial charge in [-0.2, -0.15) is 0 Å². The van der Waals surface area contributed by atoms with Gasteiger partial charge in [-0.05, 0) is 17.7 Å². The standard InChI is InChI=1S/C21H24N2O5/c1-23(13-14-8-6-5-7-9-14)21(24)19-12-16(22-28-19)15-10-17(25-2)20(27-4)18(11-15)26-3/h5-11,19H,12-13H2,1-4H3/t19-/m1/s1. The number of carbonyl (C=O) groups is 1. The van der Waals surface area contributed by atoms with Crippen molar-refractivity contribution in [2.24, 2.45) is 5.16 Å². The van der Waals surface area contributed by atoms with Gasteiger partial charge in [0.05, 0.1) is 27.0 Å². The van der Waals surface area contributed by atoms with Crippen molar-refractivity contribution >= 4 is 11.6 Å².